The van der Waals surface area contributed by atoms with Crippen LogP contribution in [0, 0.1) is 18.4 Å². The van der Waals surface area contributed by atoms with Crippen molar-refractivity contribution in [3.8, 4) is 18.4 Å². The van der Waals surface area contributed by atoms with Gasteiger partial charge >= 0.3 is 0 Å². The predicted octanol–water partition coefficient (Wildman–Crippen LogP) is -0.582. The summed E-state index contributed by atoms with van der Waals surface area (Å²) < 4.78 is 0. The summed E-state index contributed by atoms with van der Waals surface area (Å²) in [5, 5.41) is 5.96. The van der Waals surface area contributed by atoms with Crippen molar-refractivity contribution < 1.29 is 5.26 Å². The maximum absolute atomic E-state index is 5.96. The quantitative estimate of drug-likeness (QED) is 0.378. The Morgan fingerprint density at radius 2 is 1.50 bits per heavy atom. The molecule has 0 spiro atoms. The third kappa shape index (κ3) is 14.2. The van der Waals surface area contributed by atoms with Crippen LogP contribution < -0.4 is 5.26 Å². The fraction of sp³-hybridized carbons (Fsp3) is 0.400. The molecule has 0 aliphatic heterocycles. The van der Waals surface area contributed by atoms with Gasteiger partial charge in [-0.2, -0.15) is 0 Å². The van der Waals surface area contributed by atoms with Crippen LogP contribution in [-0.4, -0.2) is 0 Å². The standard InChI is InChI=1S/C3H4.C2H3N/c1-3-2;1-2-3/h1H,2H3;1H3/p+1. The van der Waals surface area contributed by atoms with E-state index in [-0.39, 0.29) is 0 Å². The van der Waals surface area contributed by atoms with Crippen LogP contribution in [0.15, 0.2) is 0 Å². The van der Waals surface area contributed by atoms with Crippen LogP contribution >= 0.6 is 0 Å². The van der Waals surface area contributed by atoms with Crippen molar-refractivity contribution in [1.82, 2.24) is 0 Å². The molecule has 0 aliphatic carbocycles. The molecule has 1 heteroatoms. The second-order valence-corrected chi connectivity index (χ2v) is 0.539. The van der Waals surface area contributed by atoms with Crippen LogP contribution in [0.4, 0.5) is 0 Å². The molecule has 0 amide bonds. The minimum atomic E-state index is 1.54. The minimum Gasteiger partial charge on any atom is -0.120 e. The summed E-state index contributed by atoms with van der Waals surface area (Å²) in [4.78, 5) is 0. The average Bonchev–Trinajstić information content (AvgIpc) is 1.39. The van der Waals surface area contributed by atoms with Crippen molar-refractivity contribution in [2.24, 2.45) is 0 Å². The van der Waals surface area contributed by atoms with Gasteiger partial charge in [-0.05, 0) is 6.92 Å². The summed E-state index contributed by atoms with van der Waals surface area (Å²) in [5.41, 5.74) is 0. The molecule has 0 aromatic carbocycles. The number of hydrogen-bond acceptors (Lipinski definition) is 0. The van der Waals surface area contributed by atoms with Crippen LogP contribution in [0.1, 0.15) is 13.8 Å². The Balaban J connectivity index is 0. The summed E-state index contributed by atoms with van der Waals surface area (Å²) in [6.45, 7) is 3.19. The highest BCUT2D eigenvalue weighted by atomic mass is 14.2. The maximum Gasteiger partial charge on any atom is 0.266 e. The van der Waals surface area contributed by atoms with Gasteiger partial charge < -0.3 is 0 Å². The van der Waals surface area contributed by atoms with E-state index in [0.717, 1.165) is 0 Å². The van der Waals surface area contributed by atoms with Gasteiger partial charge in [-0.25, -0.2) is 0 Å². The van der Waals surface area contributed by atoms with Crippen molar-refractivity contribution in [2.75, 3.05) is 0 Å². The molecule has 0 aromatic rings. The molecule has 0 rings (SSSR count). The first-order valence-corrected chi connectivity index (χ1v) is 1.54. The SMILES string of the molecule is C#CC.CC#[NH+]. The van der Waals surface area contributed by atoms with E-state index in [1.54, 1.807) is 13.8 Å². The normalized spacial score (nSPS) is 2.67. The fourth-order valence-corrected chi connectivity index (χ4v) is 0. The molecule has 1 N–H and O–H groups in total. The smallest absolute Gasteiger partial charge is 0.120 e. The highest BCUT2D eigenvalue weighted by molar-refractivity contribution is 4.73. The monoisotopic (exact) mass is 82.1 g/mol. The second kappa shape index (κ2) is 34.2. The summed E-state index contributed by atoms with van der Waals surface area (Å²) >= 11 is 0. The Bertz CT molecular complexity index is 58.9. The van der Waals surface area contributed by atoms with Gasteiger partial charge in [0.25, 0.3) is 6.07 Å². The molecule has 0 bridgehead atoms. The second-order valence-electron chi connectivity index (χ2n) is 0.539. The largest absolute Gasteiger partial charge is 0.266 e. The van der Waals surface area contributed by atoms with Crippen LogP contribution in [-0.2, 0) is 0 Å². The van der Waals surface area contributed by atoms with Gasteiger partial charge in [0.05, 0.1) is 6.92 Å². The van der Waals surface area contributed by atoms with Crippen molar-refractivity contribution in [2.45, 2.75) is 13.8 Å². The van der Waals surface area contributed by atoms with E-state index in [4.69, 9.17) is 5.26 Å². The van der Waals surface area contributed by atoms with E-state index in [0.29, 0.717) is 0 Å². The van der Waals surface area contributed by atoms with Gasteiger partial charge in [-0.1, -0.05) is 0 Å². The molecule has 0 aliphatic rings. The van der Waals surface area contributed by atoms with Crippen LogP contribution in [0.2, 0.25) is 0 Å². The third-order valence-electron chi connectivity index (χ3n) is 0. The number of terminal acetylenes is 1. The first-order chi connectivity index (χ1) is 2.83. The molecule has 1 nitrogen and oxygen atoms in total. The molecular formula is C5H8N+. The summed E-state index contributed by atoms with van der Waals surface area (Å²) in [6.07, 6.45) is 4.60. The lowest BCUT2D eigenvalue weighted by Crippen LogP contribution is -2.14. The van der Waals surface area contributed by atoms with E-state index < -0.39 is 0 Å². The van der Waals surface area contributed by atoms with Crippen molar-refractivity contribution in [3.05, 3.63) is 0 Å². The molecule has 0 saturated heterocycles. The van der Waals surface area contributed by atoms with E-state index in [9.17, 15) is 0 Å². The highest BCUT2D eigenvalue weighted by Crippen LogP contribution is 1.21. The van der Waals surface area contributed by atoms with E-state index in [2.05, 4.69) is 12.3 Å². The lowest BCUT2D eigenvalue weighted by Gasteiger charge is -1.23. The fourth-order valence-electron chi connectivity index (χ4n) is 0. The van der Waals surface area contributed by atoms with Crippen LogP contribution in [0.5, 0.6) is 0 Å². The Labute approximate surface area is 38.6 Å². The van der Waals surface area contributed by atoms with Crippen molar-refractivity contribution in [3.63, 3.8) is 0 Å². The molecule has 0 radical (unpaired) electrons. The van der Waals surface area contributed by atoms with Crippen LogP contribution in [0.25, 0.3) is 0 Å². The van der Waals surface area contributed by atoms with Gasteiger partial charge in [0.1, 0.15) is 0 Å². The van der Waals surface area contributed by atoms with Gasteiger partial charge in [0.2, 0.25) is 0 Å². The first-order valence-electron chi connectivity index (χ1n) is 1.54. The highest BCUT2D eigenvalue weighted by Gasteiger charge is 1.31. The van der Waals surface area contributed by atoms with E-state index in [1.165, 1.54) is 0 Å². The van der Waals surface area contributed by atoms with Gasteiger partial charge in [0, 0.05) is 0 Å². The predicted molar refractivity (Wildman–Crippen MR) is 25.0 cm³/mol. The molecule has 32 valence electrons. The Kier molecular flexibility index (Phi) is 50.7. The summed E-state index contributed by atoms with van der Waals surface area (Å²) in [5.74, 6) is 2.25. The zero-order valence-corrected chi connectivity index (χ0v) is 4.08. The lowest BCUT2D eigenvalue weighted by molar-refractivity contribution is -0.0926. The van der Waals surface area contributed by atoms with Gasteiger partial charge in [-0.15, -0.1) is 17.6 Å². The molecule has 0 heterocycles. The summed E-state index contributed by atoms with van der Waals surface area (Å²) in [7, 11) is 0. The maximum atomic E-state index is 5.96. The number of rotatable bonds is 0. The molecule has 0 atom stereocenters. The van der Waals surface area contributed by atoms with Crippen molar-refractivity contribution >= 4 is 0 Å². The topological polar surface area (TPSA) is 23.8 Å². The van der Waals surface area contributed by atoms with Crippen molar-refractivity contribution in [1.29, 1.82) is 0 Å². The first kappa shape index (κ1) is 8.90. The Hall–Kier alpha value is -0.950. The summed E-state index contributed by atoms with van der Waals surface area (Å²) in [6, 6.07) is 2.00. The minimum absolute atomic E-state index is 1.54. The molecule has 6 heavy (non-hydrogen) atoms. The van der Waals surface area contributed by atoms with E-state index >= 15 is 0 Å². The average molecular weight is 82.1 g/mol. The lowest BCUT2D eigenvalue weighted by atomic mass is 10.9. The number of hydrogen-bond donors (Lipinski definition) is 1. The Morgan fingerprint density at radius 1 is 1.50 bits per heavy atom. The Morgan fingerprint density at radius 3 is 1.50 bits per heavy atom. The van der Waals surface area contributed by atoms with E-state index in [1.807, 2.05) is 6.07 Å². The zero-order valence-electron chi connectivity index (χ0n) is 4.08. The molecule has 0 aromatic heterocycles. The molecule has 0 saturated carbocycles. The van der Waals surface area contributed by atoms with Gasteiger partial charge in [0.15, 0.2) is 0 Å². The zero-order chi connectivity index (χ0) is 5.41. The molecule has 0 fully saturated rings. The molecule has 0 unspecified atom stereocenters. The third-order valence-corrected chi connectivity index (χ3v) is 0. The van der Waals surface area contributed by atoms with Crippen LogP contribution in [0.3, 0.4) is 0 Å². The molecular weight excluding hydrogens is 74.1 g/mol. The number of nitrogens with one attached hydrogen (secondary N) is 1. The van der Waals surface area contributed by atoms with Gasteiger partial charge in [-0.3, -0.25) is 0 Å².